The topological polar surface area (TPSA) is 3.24 Å². The lowest BCUT2D eigenvalue weighted by molar-refractivity contribution is 1.21. The number of nitrogens with zero attached hydrogens (tertiary/aromatic N) is 1. The van der Waals surface area contributed by atoms with Gasteiger partial charge in [-0.25, -0.2) is 0 Å². The van der Waals surface area contributed by atoms with Crippen molar-refractivity contribution in [2.75, 3.05) is 4.90 Å². The Balaban J connectivity index is 0.858. The predicted octanol–water partition coefficient (Wildman–Crippen LogP) is 23.0. The second-order valence-corrected chi connectivity index (χ2v) is 22.0. The molecule has 1 nitrogen and oxygen atoms in total. The van der Waals surface area contributed by atoms with Crippen LogP contribution in [-0.4, -0.2) is 0 Å². The zero-order valence-electron chi connectivity index (χ0n) is 46.2. The van der Waals surface area contributed by atoms with Crippen LogP contribution in [0.5, 0.6) is 0 Å². The summed E-state index contributed by atoms with van der Waals surface area (Å²) in [4.78, 5) is 2.50. The number of aryl methyl sites for hydroxylation is 3. The molecule has 0 atom stereocenters. The van der Waals surface area contributed by atoms with Crippen molar-refractivity contribution >= 4 is 81.7 Å². The summed E-state index contributed by atoms with van der Waals surface area (Å²) in [5, 5.41) is 15.0. The molecule has 0 heterocycles. The maximum atomic E-state index is 2.50. The van der Waals surface area contributed by atoms with Crippen molar-refractivity contribution < 1.29 is 0 Å². The summed E-state index contributed by atoms with van der Waals surface area (Å²) < 4.78 is 0. The molecule has 0 unspecified atom stereocenters. The molecule has 15 aromatic carbocycles. The molecule has 15 rings (SSSR count). The van der Waals surface area contributed by atoms with Gasteiger partial charge in [-0.05, 0) is 205 Å². The molecule has 0 fully saturated rings. The molecule has 0 aliphatic rings. The molecular weight excluding hydrogens is 987 g/mol. The van der Waals surface area contributed by atoms with E-state index in [0.717, 1.165) is 17.1 Å². The van der Waals surface area contributed by atoms with Crippen molar-refractivity contribution in [2.24, 2.45) is 0 Å². The van der Waals surface area contributed by atoms with E-state index >= 15 is 0 Å². The summed E-state index contributed by atoms with van der Waals surface area (Å²) in [6, 6.07) is 108. The monoisotopic (exact) mass is 1040 g/mol. The minimum absolute atomic E-state index is 1.14. The first-order chi connectivity index (χ1) is 40.4. The predicted molar refractivity (Wildman–Crippen MR) is 353 cm³/mol. The van der Waals surface area contributed by atoms with E-state index in [1.54, 1.807) is 0 Å². The third-order valence-electron chi connectivity index (χ3n) is 17.3. The van der Waals surface area contributed by atoms with Gasteiger partial charge in [0.05, 0.1) is 0 Å². The van der Waals surface area contributed by atoms with Crippen LogP contribution < -0.4 is 4.90 Å². The summed E-state index contributed by atoms with van der Waals surface area (Å²) in [7, 11) is 0. The van der Waals surface area contributed by atoms with E-state index < -0.39 is 0 Å². The first kappa shape index (κ1) is 48.8. The maximum Gasteiger partial charge on any atom is 0.0491 e. The molecule has 82 heavy (non-hydrogen) atoms. The molecular formula is C81H57N. The van der Waals surface area contributed by atoms with Crippen LogP contribution in [0.4, 0.5) is 17.1 Å². The fraction of sp³-hybridized carbons (Fsp3) is 0.0370. The molecule has 0 saturated carbocycles. The van der Waals surface area contributed by atoms with Gasteiger partial charge in [-0.15, -0.1) is 0 Å². The Labute approximate surface area is 479 Å². The highest BCUT2D eigenvalue weighted by molar-refractivity contribution is 6.13. The third-order valence-corrected chi connectivity index (χ3v) is 17.3. The van der Waals surface area contributed by atoms with Gasteiger partial charge in [-0.1, -0.05) is 255 Å². The molecule has 0 aliphatic carbocycles. The maximum absolute atomic E-state index is 2.50. The second kappa shape index (κ2) is 20.1. The molecule has 0 saturated heterocycles. The normalized spacial score (nSPS) is 11.6. The first-order valence-corrected chi connectivity index (χ1v) is 28.6. The highest BCUT2D eigenvalue weighted by Crippen LogP contribution is 2.47. The molecule has 0 aromatic heterocycles. The van der Waals surface area contributed by atoms with Crippen LogP contribution in [0, 0.1) is 20.8 Å². The van der Waals surface area contributed by atoms with E-state index in [4.69, 9.17) is 0 Å². The quantitative estimate of drug-likeness (QED) is 0.139. The van der Waals surface area contributed by atoms with Gasteiger partial charge in [0.15, 0.2) is 0 Å². The van der Waals surface area contributed by atoms with Crippen molar-refractivity contribution in [1.82, 2.24) is 0 Å². The van der Waals surface area contributed by atoms with Crippen LogP contribution in [0.1, 0.15) is 16.7 Å². The van der Waals surface area contributed by atoms with E-state index in [-0.39, 0.29) is 0 Å². The fourth-order valence-electron chi connectivity index (χ4n) is 13.3. The molecule has 0 spiro atoms. The largest absolute Gasteiger partial charge is 0.310 e. The van der Waals surface area contributed by atoms with Gasteiger partial charge in [0, 0.05) is 17.1 Å². The van der Waals surface area contributed by atoms with Crippen molar-refractivity contribution in [3.8, 4) is 66.8 Å². The Hall–Kier alpha value is -10.3. The van der Waals surface area contributed by atoms with Crippen LogP contribution in [0.15, 0.2) is 291 Å². The highest BCUT2D eigenvalue weighted by Gasteiger charge is 2.23. The minimum atomic E-state index is 1.14. The number of hydrogen-bond donors (Lipinski definition) is 0. The summed E-state index contributed by atoms with van der Waals surface area (Å²) in [6.45, 7) is 6.83. The molecule has 0 radical (unpaired) electrons. The lowest BCUT2D eigenvalue weighted by atomic mass is 9.89. The molecule has 0 bridgehead atoms. The summed E-state index contributed by atoms with van der Waals surface area (Å²) in [5.74, 6) is 0. The van der Waals surface area contributed by atoms with E-state index in [1.165, 1.54) is 148 Å². The van der Waals surface area contributed by atoms with Crippen molar-refractivity contribution in [2.45, 2.75) is 20.8 Å². The molecule has 1 heteroatoms. The standard InChI is InChI=1S/C81H57N/c1-52-49-58(64-40-43-76(73-31-13-10-28-67(64)73)70-34-16-22-55-19-4-7-25-61(55)70)37-46-79(52)82(80-47-38-59(50-53(80)2)65-41-44-77(74-32-14-11-29-68(65)74)71-35-17-23-56-20-5-8-26-62(56)71)81-48-39-60(51-54(81)3)66-42-45-78(75-33-15-12-30-69(66)75)72-36-18-24-57-21-6-9-27-63(57)72/h4-51H,1-3H3. The van der Waals surface area contributed by atoms with E-state index in [0.29, 0.717) is 0 Å². The number of rotatable bonds is 9. The average Bonchev–Trinajstić information content (AvgIpc) is 3.64. The second-order valence-electron chi connectivity index (χ2n) is 22.0. The SMILES string of the molecule is Cc1cc(-c2ccc(-c3cccc4ccccc34)c3ccccc23)ccc1N(c1ccc(-c2ccc(-c3cccc4ccccc34)c3ccccc23)cc1C)c1ccc(-c2ccc(-c3cccc4ccccc34)c3ccccc23)cc1C. The third kappa shape index (κ3) is 8.24. The molecule has 15 aromatic rings. The summed E-state index contributed by atoms with van der Waals surface area (Å²) in [6.07, 6.45) is 0. The fourth-order valence-corrected chi connectivity index (χ4v) is 13.3. The molecule has 0 amide bonds. The zero-order valence-corrected chi connectivity index (χ0v) is 46.2. The van der Waals surface area contributed by atoms with Crippen LogP contribution in [0.25, 0.3) is 131 Å². The smallest absolute Gasteiger partial charge is 0.0491 e. The molecule has 386 valence electrons. The van der Waals surface area contributed by atoms with E-state index in [2.05, 4.69) is 317 Å². The zero-order chi connectivity index (χ0) is 54.8. The Kier molecular flexibility index (Phi) is 11.9. The number of fused-ring (bicyclic) bond motifs is 6. The first-order valence-electron chi connectivity index (χ1n) is 28.6. The van der Waals surface area contributed by atoms with Gasteiger partial charge in [0.2, 0.25) is 0 Å². The van der Waals surface area contributed by atoms with Crippen LogP contribution >= 0.6 is 0 Å². The molecule has 0 aliphatic heterocycles. The van der Waals surface area contributed by atoms with E-state index in [9.17, 15) is 0 Å². The van der Waals surface area contributed by atoms with Crippen molar-refractivity contribution in [3.63, 3.8) is 0 Å². The van der Waals surface area contributed by atoms with Gasteiger partial charge in [-0.2, -0.15) is 0 Å². The minimum Gasteiger partial charge on any atom is -0.310 e. The Bertz CT molecular complexity index is 4520. The van der Waals surface area contributed by atoms with Crippen LogP contribution in [0.2, 0.25) is 0 Å². The Morgan fingerprint density at radius 2 is 0.402 bits per heavy atom. The van der Waals surface area contributed by atoms with Gasteiger partial charge < -0.3 is 4.90 Å². The highest BCUT2D eigenvalue weighted by atomic mass is 15.1. The van der Waals surface area contributed by atoms with Gasteiger partial charge in [-0.3, -0.25) is 0 Å². The summed E-state index contributed by atoms with van der Waals surface area (Å²) in [5.41, 5.74) is 21.7. The van der Waals surface area contributed by atoms with Crippen molar-refractivity contribution in [1.29, 1.82) is 0 Å². The average molecular weight is 1040 g/mol. The summed E-state index contributed by atoms with van der Waals surface area (Å²) >= 11 is 0. The van der Waals surface area contributed by atoms with E-state index in [1.807, 2.05) is 0 Å². The Morgan fingerprint density at radius 3 is 0.683 bits per heavy atom. The lowest BCUT2D eigenvalue weighted by Gasteiger charge is -2.31. The Morgan fingerprint density at radius 1 is 0.183 bits per heavy atom. The van der Waals surface area contributed by atoms with Gasteiger partial charge >= 0.3 is 0 Å². The van der Waals surface area contributed by atoms with Gasteiger partial charge in [0.25, 0.3) is 0 Å². The number of anilines is 3. The number of benzene rings is 15. The van der Waals surface area contributed by atoms with Crippen LogP contribution in [0.3, 0.4) is 0 Å². The van der Waals surface area contributed by atoms with Gasteiger partial charge in [0.1, 0.15) is 0 Å². The van der Waals surface area contributed by atoms with Crippen molar-refractivity contribution in [3.05, 3.63) is 308 Å². The molecule has 0 N–H and O–H groups in total. The lowest BCUT2D eigenvalue weighted by Crippen LogP contribution is -2.14. The van der Waals surface area contributed by atoms with Crippen LogP contribution in [-0.2, 0) is 0 Å². The number of hydrogen-bond acceptors (Lipinski definition) is 1.